The third kappa shape index (κ3) is 3.23. The van der Waals surface area contributed by atoms with Crippen molar-refractivity contribution in [1.82, 2.24) is 0 Å². The highest BCUT2D eigenvalue weighted by Crippen LogP contribution is 2.27. The number of hydrogen-bond acceptors (Lipinski definition) is 2. The van der Waals surface area contributed by atoms with Crippen LogP contribution in [-0.2, 0) is 0 Å². The molecule has 2 rings (SSSR count). The van der Waals surface area contributed by atoms with E-state index in [0.29, 0.717) is 6.04 Å². The Balaban J connectivity index is 2.04. The molecule has 0 aromatic heterocycles. The van der Waals surface area contributed by atoms with Gasteiger partial charge in [-0.05, 0) is 62.8 Å². The Kier molecular flexibility index (Phi) is 4.10. The van der Waals surface area contributed by atoms with E-state index in [-0.39, 0.29) is 6.10 Å². The number of aryl methyl sites for hydroxylation is 2. The first kappa shape index (κ1) is 12.9. The average Bonchev–Trinajstić information content (AvgIpc) is 2.29. The molecule has 0 unspecified atom stereocenters. The number of halogens is 1. The molecule has 0 aliphatic heterocycles. The largest absolute Gasteiger partial charge is 0.393 e. The zero-order valence-corrected chi connectivity index (χ0v) is 12.0. The van der Waals surface area contributed by atoms with E-state index in [9.17, 15) is 5.11 Å². The third-order valence-corrected chi connectivity index (χ3v) is 4.75. The number of aliphatic hydroxyl groups is 1. The van der Waals surface area contributed by atoms with Crippen LogP contribution in [0, 0.1) is 13.8 Å². The predicted molar refractivity (Wildman–Crippen MR) is 75.5 cm³/mol. The summed E-state index contributed by atoms with van der Waals surface area (Å²) in [4.78, 5) is 0. The molecule has 1 aromatic carbocycles. The van der Waals surface area contributed by atoms with Crippen molar-refractivity contribution in [3.63, 3.8) is 0 Å². The predicted octanol–water partition coefficient (Wildman–Crippen LogP) is 3.78. The van der Waals surface area contributed by atoms with Gasteiger partial charge in [-0.3, -0.25) is 0 Å². The standard InChI is InChI=1S/C14H20BrNO/c1-9-7-12(8-10(2)14(9)15)16-11-3-5-13(17)6-4-11/h7-8,11,13,16-17H,3-6H2,1-2H3. The molecule has 0 radical (unpaired) electrons. The fourth-order valence-electron chi connectivity index (χ4n) is 2.49. The van der Waals surface area contributed by atoms with Gasteiger partial charge < -0.3 is 10.4 Å². The van der Waals surface area contributed by atoms with Crippen LogP contribution in [0.1, 0.15) is 36.8 Å². The maximum absolute atomic E-state index is 9.48. The van der Waals surface area contributed by atoms with Gasteiger partial charge in [0, 0.05) is 16.2 Å². The van der Waals surface area contributed by atoms with Crippen molar-refractivity contribution in [1.29, 1.82) is 0 Å². The van der Waals surface area contributed by atoms with Gasteiger partial charge in [-0.2, -0.15) is 0 Å². The molecule has 1 fully saturated rings. The number of nitrogens with one attached hydrogen (secondary N) is 1. The van der Waals surface area contributed by atoms with Gasteiger partial charge in [0.15, 0.2) is 0 Å². The van der Waals surface area contributed by atoms with Crippen LogP contribution < -0.4 is 5.32 Å². The average molecular weight is 298 g/mol. The molecule has 0 heterocycles. The number of anilines is 1. The van der Waals surface area contributed by atoms with E-state index in [0.717, 1.165) is 25.7 Å². The van der Waals surface area contributed by atoms with Crippen LogP contribution in [0.3, 0.4) is 0 Å². The summed E-state index contributed by atoms with van der Waals surface area (Å²) in [6.45, 7) is 4.24. The Bertz CT molecular complexity index is 374. The van der Waals surface area contributed by atoms with Gasteiger partial charge in [0.1, 0.15) is 0 Å². The Labute approximate surface area is 112 Å². The Morgan fingerprint density at radius 1 is 1.12 bits per heavy atom. The third-order valence-electron chi connectivity index (χ3n) is 3.50. The lowest BCUT2D eigenvalue weighted by Crippen LogP contribution is -2.28. The van der Waals surface area contributed by atoms with Crippen molar-refractivity contribution in [2.75, 3.05) is 5.32 Å². The lowest BCUT2D eigenvalue weighted by molar-refractivity contribution is 0.126. The Morgan fingerprint density at radius 3 is 2.18 bits per heavy atom. The van der Waals surface area contributed by atoms with Crippen LogP contribution in [-0.4, -0.2) is 17.3 Å². The van der Waals surface area contributed by atoms with Gasteiger partial charge in [0.05, 0.1) is 6.10 Å². The maximum Gasteiger partial charge on any atom is 0.0541 e. The minimum absolute atomic E-state index is 0.0820. The highest BCUT2D eigenvalue weighted by molar-refractivity contribution is 9.10. The maximum atomic E-state index is 9.48. The molecule has 1 aromatic rings. The van der Waals surface area contributed by atoms with E-state index < -0.39 is 0 Å². The van der Waals surface area contributed by atoms with E-state index in [4.69, 9.17) is 0 Å². The second-order valence-corrected chi connectivity index (χ2v) is 5.87. The van der Waals surface area contributed by atoms with Crippen LogP contribution in [0.4, 0.5) is 5.69 Å². The molecule has 3 heteroatoms. The zero-order valence-electron chi connectivity index (χ0n) is 10.5. The van der Waals surface area contributed by atoms with E-state index in [1.165, 1.54) is 21.3 Å². The monoisotopic (exact) mass is 297 g/mol. The molecule has 1 aliphatic carbocycles. The van der Waals surface area contributed by atoms with Crippen LogP contribution in [0.25, 0.3) is 0 Å². The first-order chi connectivity index (χ1) is 8.06. The molecule has 2 nitrogen and oxygen atoms in total. The van der Waals surface area contributed by atoms with Crippen molar-refractivity contribution < 1.29 is 5.11 Å². The molecule has 1 aliphatic rings. The Morgan fingerprint density at radius 2 is 1.65 bits per heavy atom. The fraction of sp³-hybridized carbons (Fsp3) is 0.571. The fourth-order valence-corrected chi connectivity index (χ4v) is 2.71. The molecule has 0 spiro atoms. The van der Waals surface area contributed by atoms with Crippen LogP contribution >= 0.6 is 15.9 Å². The van der Waals surface area contributed by atoms with E-state index >= 15 is 0 Å². The molecule has 0 atom stereocenters. The van der Waals surface area contributed by atoms with Crippen molar-refractivity contribution in [2.24, 2.45) is 0 Å². The second-order valence-electron chi connectivity index (χ2n) is 5.07. The summed E-state index contributed by atoms with van der Waals surface area (Å²) in [7, 11) is 0. The van der Waals surface area contributed by atoms with Gasteiger partial charge >= 0.3 is 0 Å². The van der Waals surface area contributed by atoms with Crippen molar-refractivity contribution >= 4 is 21.6 Å². The smallest absolute Gasteiger partial charge is 0.0541 e. The number of benzene rings is 1. The summed E-state index contributed by atoms with van der Waals surface area (Å²) in [6.07, 6.45) is 3.89. The molecule has 1 saturated carbocycles. The highest BCUT2D eigenvalue weighted by Gasteiger charge is 2.19. The van der Waals surface area contributed by atoms with Gasteiger partial charge in [-0.15, -0.1) is 0 Å². The van der Waals surface area contributed by atoms with Crippen LogP contribution in [0.5, 0.6) is 0 Å². The van der Waals surface area contributed by atoms with E-state index in [1.807, 2.05) is 0 Å². The molecule has 0 bridgehead atoms. The zero-order chi connectivity index (χ0) is 12.4. The minimum atomic E-state index is -0.0820. The number of aliphatic hydroxyl groups excluding tert-OH is 1. The lowest BCUT2D eigenvalue weighted by Gasteiger charge is -2.27. The van der Waals surface area contributed by atoms with Crippen LogP contribution in [0.15, 0.2) is 16.6 Å². The first-order valence-corrected chi connectivity index (χ1v) is 7.07. The van der Waals surface area contributed by atoms with Crippen molar-refractivity contribution in [3.8, 4) is 0 Å². The SMILES string of the molecule is Cc1cc(NC2CCC(O)CC2)cc(C)c1Br. The first-order valence-electron chi connectivity index (χ1n) is 6.27. The summed E-state index contributed by atoms with van der Waals surface area (Å²) in [5.74, 6) is 0. The summed E-state index contributed by atoms with van der Waals surface area (Å²) >= 11 is 3.59. The lowest BCUT2D eigenvalue weighted by atomic mass is 9.93. The van der Waals surface area contributed by atoms with Crippen LogP contribution in [0.2, 0.25) is 0 Å². The van der Waals surface area contributed by atoms with E-state index in [1.54, 1.807) is 0 Å². The summed E-state index contributed by atoms with van der Waals surface area (Å²) in [6, 6.07) is 4.88. The summed E-state index contributed by atoms with van der Waals surface area (Å²) in [5, 5.41) is 13.1. The normalized spacial score (nSPS) is 24.7. The molecule has 17 heavy (non-hydrogen) atoms. The van der Waals surface area contributed by atoms with Gasteiger partial charge in [-0.25, -0.2) is 0 Å². The topological polar surface area (TPSA) is 32.3 Å². The molecular weight excluding hydrogens is 278 g/mol. The van der Waals surface area contributed by atoms with E-state index in [2.05, 4.69) is 47.2 Å². The van der Waals surface area contributed by atoms with Gasteiger partial charge in [0.25, 0.3) is 0 Å². The molecule has 0 amide bonds. The summed E-state index contributed by atoms with van der Waals surface area (Å²) in [5.41, 5.74) is 3.73. The molecule has 0 saturated heterocycles. The minimum Gasteiger partial charge on any atom is -0.393 e. The summed E-state index contributed by atoms with van der Waals surface area (Å²) < 4.78 is 1.20. The quantitative estimate of drug-likeness (QED) is 0.871. The second kappa shape index (κ2) is 5.40. The molecular formula is C14H20BrNO. The number of hydrogen-bond donors (Lipinski definition) is 2. The number of rotatable bonds is 2. The molecule has 94 valence electrons. The van der Waals surface area contributed by atoms with Gasteiger partial charge in [0.2, 0.25) is 0 Å². The van der Waals surface area contributed by atoms with Crippen molar-refractivity contribution in [2.45, 2.75) is 51.7 Å². The molecule has 2 N–H and O–H groups in total. The highest BCUT2D eigenvalue weighted by atomic mass is 79.9. The van der Waals surface area contributed by atoms with Crippen molar-refractivity contribution in [3.05, 3.63) is 27.7 Å². The Hall–Kier alpha value is -0.540. The van der Waals surface area contributed by atoms with Gasteiger partial charge in [-0.1, -0.05) is 15.9 Å².